The van der Waals surface area contributed by atoms with Gasteiger partial charge in [-0.25, -0.2) is 4.98 Å². The number of nitrogens with zero attached hydrogens (tertiary/aromatic N) is 2. The molecule has 0 aliphatic rings. The van der Waals surface area contributed by atoms with Crippen LogP contribution in [0.15, 0.2) is 36.0 Å². The van der Waals surface area contributed by atoms with Crippen molar-refractivity contribution in [2.75, 3.05) is 0 Å². The highest BCUT2D eigenvalue weighted by Gasteiger charge is 2.05. The normalized spacial score (nSPS) is 11.3. The third kappa shape index (κ3) is 2.41. The molecule has 0 saturated heterocycles. The molecule has 3 aromatic rings. The molecule has 0 aliphatic carbocycles. The topological polar surface area (TPSA) is 38.0 Å². The van der Waals surface area contributed by atoms with E-state index in [9.17, 15) is 0 Å². The maximum Gasteiger partial charge on any atom is 0.0797 e. The second kappa shape index (κ2) is 5.15. The van der Waals surface area contributed by atoms with E-state index >= 15 is 0 Å². The van der Waals surface area contributed by atoms with E-state index in [1.165, 1.54) is 15.8 Å². The Morgan fingerprint density at radius 2 is 2.21 bits per heavy atom. The monoisotopic (exact) mass is 272 g/mol. The summed E-state index contributed by atoms with van der Waals surface area (Å²) in [5, 5.41) is 10.3. The molecule has 1 N–H and O–H groups in total. The lowest BCUT2D eigenvalue weighted by molar-refractivity contribution is 0.282. The minimum atomic E-state index is 0.0984. The van der Waals surface area contributed by atoms with Gasteiger partial charge in [0, 0.05) is 29.6 Å². The Labute approximate surface area is 116 Å². The summed E-state index contributed by atoms with van der Waals surface area (Å²) in [4.78, 5) is 5.64. The fourth-order valence-electron chi connectivity index (χ4n) is 2.33. The predicted octanol–water partition coefficient (Wildman–Crippen LogP) is 3.14. The van der Waals surface area contributed by atoms with Crippen molar-refractivity contribution in [2.24, 2.45) is 0 Å². The Kier molecular flexibility index (Phi) is 3.36. The standard InChI is InChI=1S/C15H16N2OS/c1-11-15(19-10-16-11)5-7-17-6-4-13-8-12(9-18)2-3-14(13)17/h2-4,6,8,10,18H,5,7,9H2,1H3. The van der Waals surface area contributed by atoms with Gasteiger partial charge in [0.15, 0.2) is 0 Å². The summed E-state index contributed by atoms with van der Waals surface area (Å²) >= 11 is 1.73. The zero-order valence-corrected chi connectivity index (χ0v) is 11.7. The molecule has 1 aromatic carbocycles. The minimum absolute atomic E-state index is 0.0984. The van der Waals surface area contributed by atoms with Gasteiger partial charge in [-0.15, -0.1) is 11.3 Å². The number of rotatable bonds is 4. The van der Waals surface area contributed by atoms with Crippen molar-refractivity contribution in [1.29, 1.82) is 0 Å². The maximum absolute atomic E-state index is 9.15. The number of hydrogen-bond acceptors (Lipinski definition) is 3. The fraction of sp³-hybridized carbons (Fsp3) is 0.267. The van der Waals surface area contributed by atoms with E-state index in [-0.39, 0.29) is 6.61 Å². The number of aliphatic hydroxyl groups is 1. The number of hydrogen-bond donors (Lipinski definition) is 1. The summed E-state index contributed by atoms with van der Waals surface area (Å²) in [6.07, 6.45) is 3.13. The molecule has 0 spiro atoms. The van der Waals surface area contributed by atoms with E-state index in [1.807, 2.05) is 17.6 Å². The molecule has 2 heterocycles. The van der Waals surface area contributed by atoms with E-state index in [1.54, 1.807) is 11.3 Å². The Bertz CT molecular complexity index is 699. The molecule has 3 nitrogen and oxygen atoms in total. The highest BCUT2D eigenvalue weighted by molar-refractivity contribution is 7.09. The van der Waals surface area contributed by atoms with Gasteiger partial charge >= 0.3 is 0 Å². The highest BCUT2D eigenvalue weighted by Crippen LogP contribution is 2.20. The molecule has 0 unspecified atom stereocenters. The number of aryl methyl sites for hydroxylation is 3. The third-order valence-corrected chi connectivity index (χ3v) is 4.44. The molecule has 3 rings (SSSR count). The van der Waals surface area contributed by atoms with Crippen molar-refractivity contribution >= 4 is 22.2 Å². The first-order valence-corrected chi connectivity index (χ1v) is 7.23. The van der Waals surface area contributed by atoms with Crippen LogP contribution >= 0.6 is 11.3 Å². The summed E-state index contributed by atoms with van der Waals surface area (Å²) in [6.45, 7) is 3.12. The lowest BCUT2D eigenvalue weighted by atomic mass is 10.2. The van der Waals surface area contributed by atoms with E-state index in [2.05, 4.69) is 34.8 Å². The summed E-state index contributed by atoms with van der Waals surface area (Å²) in [6, 6.07) is 8.22. The quantitative estimate of drug-likeness (QED) is 0.792. The van der Waals surface area contributed by atoms with Crippen LogP contribution in [0.3, 0.4) is 0 Å². The van der Waals surface area contributed by atoms with Crippen LogP contribution in [0.25, 0.3) is 10.9 Å². The highest BCUT2D eigenvalue weighted by atomic mass is 32.1. The van der Waals surface area contributed by atoms with Crippen LogP contribution in [-0.2, 0) is 19.6 Å². The zero-order chi connectivity index (χ0) is 13.2. The van der Waals surface area contributed by atoms with Crippen LogP contribution in [0.1, 0.15) is 16.1 Å². The van der Waals surface area contributed by atoms with Crippen LogP contribution in [0.5, 0.6) is 0 Å². The number of thiazole rings is 1. The Hall–Kier alpha value is -1.65. The van der Waals surface area contributed by atoms with Gasteiger partial charge in [0.05, 0.1) is 17.8 Å². The number of aromatic nitrogens is 2. The average Bonchev–Trinajstić information content (AvgIpc) is 3.02. The van der Waals surface area contributed by atoms with E-state index < -0.39 is 0 Å². The van der Waals surface area contributed by atoms with Crippen LogP contribution in [-0.4, -0.2) is 14.7 Å². The summed E-state index contributed by atoms with van der Waals surface area (Å²) in [7, 11) is 0. The number of benzene rings is 1. The van der Waals surface area contributed by atoms with Crippen molar-refractivity contribution in [3.8, 4) is 0 Å². The molecule has 0 saturated carbocycles. The lowest BCUT2D eigenvalue weighted by Crippen LogP contribution is -1.99. The van der Waals surface area contributed by atoms with E-state index in [4.69, 9.17) is 5.11 Å². The molecule has 19 heavy (non-hydrogen) atoms. The first-order valence-electron chi connectivity index (χ1n) is 6.35. The molecule has 4 heteroatoms. The van der Waals surface area contributed by atoms with Crippen molar-refractivity contribution in [2.45, 2.75) is 26.5 Å². The van der Waals surface area contributed by atoms with Gasteiger partial charge in [-0.2, -0.15) is 0 Å². The molecule has 98 valence electrons. The summed E-state index contributed by atoms with van der Waals surface area (Å²) in [5.74, 6) is 0. The second-order valence-corrected chi connectivity index (χ2v) is 5.61. The van der Waals surface area contributed by atoms with Gasteiger partial charge in [-0.05, 0) is 36.1 Å². The molecule has 0 radical (unpaired) electrons. The van der Waals surface area contributed by atoms with E-state index in [0.717, 1.165) is 24.2 Å². The zero-order valence-electron chi connectivity index (χ0n) is 10.8. The smallest absolute Gasteiger partial charge is 0.0797 e. The Morgan fingerprint density at radius 1 is 1.32 bits per heavy atom. The van der Waals surface area contributed by atoms with Gasteiger partial charge in [0.1, 0.15) is 0 Å². The van der Waals surface area contributed by atoms with Crippen molar-refractivity contribution in [3.63, 3.8) is 0 Å². The minimum Gasteiger partial charge on any atom is -0.392 e. The number of aliphatic hydroxyl groups excluding tert-OH is 1. The third-order valence-electron chi connectivity index (χ3n) is 3.44. The van der Waals surface area contributed by atoms with Crippen LogP contribution in [0.2, 0.25) is 0 Å². The molecular formula is C15H16N2OS. The first kappa shape index (κ1) is 12.4. The van der Waals surface area contributed by atoms with Gasteiger partial charge in [0.2, 0.25) is 0 Å². The van der Waals surface area contributed by atoms with Gasteiger partial charge < -0.3 is 9.67 Å². The summed E-state index contributed by atoms with van der Waals surface area (Å²) < 4.78 is 2.26. The fourth-order valence-corrected chi connectivity index (χ4v) is 3.10. The van der Waals surface area contributed by atoms with Gasteiger partial charge in [-0.1, -0.05) is 6.07 Å². The van der Waals surface area contributed by atoms with Crippen molar-refractivity contribution in [3.05, 3.63) is 52.1 Å². The maximum atomic E-state index is 9.15. The Balaban J connectivity index is 1.83. The molecule has 0 aliphatic heterocycles. The Morgan fingerprint density at radius 3 is 2.95 bits per heavy atom. The molecule has 0 bridgehead atoms. The predicted molar refractivity (Wildman–Crippen MR) is 78.4 cm³/mol. The SMILES string of the molecule is Cc1ncsc1CCn1ccc2cc(CO)ccc21. The molecule has 2 aromatic heterocycles. The second-order valence-electron chi connectivity index (χ2n) is 4.67. The molecule has 0 amide bonds. The molecule has 0 fully saturated rings. The van der Waals surface area contributed by atoms with Crippen LogP contribution < -0.4 is 0 Å². The summed E-state index contributed by atoms with van der Waals surface area (Å²) in [5.41, 5.74) is 5.23. The van der Waals surface area contributed by atoms with Crippen molar-refractivity contribution in [1.82, 2.24) is 9.55 Å². The van der Waals surface area contributed by atoms with Crippen LogP contribution in [0, 0.1) is 6.92 Å². The number of fused-ring (bicyclic) bond motifs is 1. The van der Waals surface area contributed by atoms with Gasteiger partial charge in [0.25, 0.3) is 0 Å². The van der Waals surface area contributed by atoms with Crippen molar-refractivity contribution < 1.29 is 5.11 Å². The van der Waals surface area contributed by atoms with E-state index in [0.29, 0.717) is 0 Å². The van der Waals surface area contributed by atoms with Gasteiger partial charge in [-0.3, -0.25) is 0 Å². The molecule has 0 atom stereocenters. The van der Waals surface area contributed by atoms with Crippen LogP contribution in [0.4, 0.5) is 0 Å². The molecular weight excluding hydrogens is 256 g/mol. The lowest BCUT2D eigenvalue weighted by Gasteiger charge is -2.05. The largest absolute Gasteiger partial charge is 0.392 e. The average molecular weight is 272 g/mol. The first-order chi connectivity index (χ1) is 9.28.